The second-order valence-electron chi connectivity index (χ2n) is 5.28. The molecule has 2 N–H and O–H groups in total. The lowest BCUT2D eigenvalue weighted by Crippen LogP contribution is -2.06. The van der Waals surface area contributed by atoms with E-state index in [2.05, 4.69) is 4.98 Å². The second kappa shape index (κ2) is 5.29. The highest BCUT2D eigenvalue weighted by atomic mass is 19.1. The SMILES string of the molecule is COc1ccc(C)c(-n2c(N)c(C#N)c3cncc(F)c32)c1C. The first kappa shape index (κ1) is 14.9. The number of nitriles is 1. The molecule has 2 heterocycles. The van der Waals surface area contributed by atoms with E-state index < -0.39 is 5.82 Å². The second-order valence-corrected chi connectivity index (χ2v) is 5.28. The molecule has 0 unspecified atom stereocenters. The third kappa shape index (κ3) is 2.01. The van der Waals surface area contributed by atoms with Crippen LogP contribution in [0.3, 0.4) is 0 Å². The van der Waals surface area contributed by atoms with Gasteiger partial charge in [0, 0.05) is 17.1 Å². The van der Waals surface area contributed by atoms with Crippen LogP contribution < -0.4 is 10.5 Å². The molecular formula is C17H15FN4O. The van der Waals surface area contributed by atoms with Crippen molar-refractivity contribution >= 4 is 16.7 Å². The van der Waals surface area contributed by atoms with E-state index in [0.29, 0.717) is 16.8 Å². The fraction of sp³-hybridized carbons (Fsp3) is 0.176. The zero-order valence-corrected chi connectivity index (χ0v) is 13.0. The van der Waals surface area contributed by atoms with Gasteiger partial charge in [-0.15, -0.1) is 0 Å². The molecule has 0 saturated heterocycles. The Morgan fingerprint density at radius 2 is 2.04 bits per heavy atom. The van der Waals surface area contributed by atoms with E-state index >= 15 is 0 Å². The predicted molar refractivity (Wildman–Crippen MR) is 86.2 cm³/mol. The van der Waals surface area contributed by atoms with Gasteiger partial charge in [-0.1, -0.05) is 6.07 Å². The highest BCUT2D eigenvalue weighted by Crippen LogP contribution is 2.36. The number of aromatic nitrogens is 2. The van der Waals surface area contributed by atoms with Gasteiger partial charge in [-0.05, 0) is 25.5 Å². The van der Waals surface area contributed by atoms with Gasteiger partial charge < -0.3 is 10.5 Å². The standard InChI is InChI=1S/C17H15FN4O/c1-9-4-5-14(23-3)10(2)15(9)22-16-12(7-21-8-13(16)18)11(6-19)17(22)20/h4-5,7-8H,20H2,1-3H3. The van der Waals surface area contributed by atoms with Crippen molar-refractivity contribution in [1.29, 1.82) is 5.26 Å². The minimum absolute atomic E-state index is 0.189. The molecule has 0 bridgehead atoms. The van der Waals surface area contributed by atoms with Gasteiger partial charge in [0.1, 0.15) is 23.2 Å². The van der Waals surface area contributed by atoms with Gasteiger partial charge in [0.25, 0.3) is 0 Å². The zero-order valence-electron chi connectivity index (χ0n) is 13.0. The van der Waals surface area contributed by atoms with E-state index in [9.17, 15) is 9.65 Å². The fourth-order valence-electron chi connectivity index (χ4n) is 2.94. The summed E-state index contributed by atoms with van der Waals surface area (Å²) in [7, 11) is 1.57. The molecule has 3 rings (SSSR count). The average Bonchev–Trinajstić information content (AvgIpc) is 2.81. The van der Waals surface area contributed by atoms with E-state index in [1.165, 1.54) is 6.20 Å². The highest BCUT2D eigenvalue weighted by Gasteiger charge is 2.22. The van der Waals surface area contributed by atoms with E-state index in [-0.39, 0.29) is 16.9 Å². The molecule has 0 fully saturated rings. The van der Waals surface area contributed by atoms with Crippen LogP contribution in [0.5, 0.6) is 5.75 Å². The Kier molecular flexibility index (Phi) is 3.41. The molecule has 5 nitrogen and oxygen atoms in total. The number of ether oxygens (including phenoxy) is 1. The predicted octanol–water partition coefficient (Wildman–Crippen LogP) is 3.24. The normalized spacial score (nSPS) is 10.7. The largest absolute Gasteiger partial charge is 0.496 e. The number of hydrogen-bond donors (Lipinski definition) is 1. The summed E-state index contributed by atoms with van der Waals surface area (Å²) < 4.78 is 21.3. The van der Waals surface area contributed by atoms with E-state index in [4.69, 9.17) is 10.5 Å². The van der Waals surface area contributed by atoms with Gasteiger partial charge in [-0.25, -0.2) is 4.39 Å². The number of pyridine rings is 1. The van der Waals surface area contributed by atoms with Crippen molar-refractivity contribution < 1.29 is 9.13 Å². The minimum Gasteiger partial charge on any atom is -0.496 e. The van der Waals surface area contributed by atoms with Crippen LogP contribution in [0.1, 0.15) is 16.7 Å². The Bertz CT molecular complexity index is 969. The van der Waals surface area contributed by atoms with Crippen LogP contribution in [-0.2, 0) is 0 Å². The van der Waals surface area contributed by atoms with Gasteiger partial charge in [0.2, 0.25) is 0 Å². The molecule has 0 saturated carbocycles. The molecule has 23 heavy (non-hydrogen) atoms. The van der Waals surface area contributed by atoms with Crippen LogP contribution in [0, 0.1) is 31.0 Å². The van der Waals surface area contributed by atoms with E-state index in [1.54, 1.807) is 11.7 Å². The van der Waals surface area contributed by atoms with Crippen molar-refractivity contribution in [1.82, 2.24) is 9.55 Å². The van der Waals surface area contributed by atoms with Crippen LogP contribution in [0.15, 0.2) is 24.5 Å². The molecule has 3 aromatic rings. The monoisotopic (exact) mass is 310 g/mol. The molecule has 0 radical (unpaired) electrons. The van der Waals surface area contributed by atoms with Crippen molar-refractivity contribution in [3.63, 3.8) is 0 Å². The van der Waals surface area contributed by atoms with Gasteiger partial charge in [-0.2, -0.15) is 5.26 Å². The number of methoxy groups -OCH3 is 1. The van der Waals surface area contributed by atoms with Crippen molar-refractivity contribution in [2.24, 2.45) is 0 Å². The maximum absolute atomic E-state index is 14.4. The number of benzene rings is 1. The maximum atomic E-state index is 14.4. The highest BCUT2D eigenvalue weighted by molar-refractivity contribution is 5.94. The Morgan fingerprint density at radius 3 is 2.70 bits per heavy atom. The molecular weight excluding hydrogens is 295 g/mol. The molecule has 0 spiro atoms. The summed E-state index contributed by atoms with van der Waals surface area (Å²) in [6, 6.07) is 5.76. The number of hydrogen-bond acceptors (Lipinski definition) is 4. The number of aryl methyl sites for hydroxylation is 1. The van der Waals surface area contributed by atoms with Crippen molar-refractivity contribution in [3.8, 4) is 17.5 Å². The van der Waals surface area contributed by atoms with Crippen LogP contribution in [0.25, 0.3) is 16.6 Å². The third-order valence-electron chi connectivity index (χ3n) is 4.00. The van der Waals surface area contributed by atoms with Gasteiger partial charge >= 0.3 is 0 Å². The third-order valence-corrected chi connectivity index (χ3v) is 4.00. The van der Waals surface area contributed by atoms with Crippen LogP contribution in [0.4, 0.5) is 10.2 Å². The molecule has 0 aliphatic rings. The first-order valence-electron chi connectivity index (χ1n) is 6.99. The number of nitrogens with two attached hydrogens (primary N) is 1. The molecule has 0 aliphatic carbocycles. The van der Waals surface area contributed by atoms with Crippen molar-refractivity contribution in [2.75, 3.05) is 12.8 Å². The minimum atomic E-state index is -0.530. The Labute approximate surface area is 132 Å². The quantitative estimate of drug-likeness (QED) is 0.788. The lowest BCUT2D eigenvalue weighted by atomic mass is 10.1. The van der Waals surface area contributed by atoms with Gasteiger partial charge in [0.05, 0.1) is 24.5 Å². The maximum Gasteiger partial charge on any atom is 0.166 e. The summed E-state index contributed by atoms with van der Waals surface area (Å²) in [4.78, 5) is 3.83. The topological polar surface area (TPSA) is 76.9 Å². The summed E-state index contributed by atoms with van der Waals surface area (Å²) in [5.74, 6) is 0.325. The van der Waals surface area contributed by atoms with Gasteiger partial charge in [0.15, 0.2) is 5.82 Å². The van der Waals surface area contributed by atoms with E-state index in [1.807, 2.05) is 32.0 Å². The lowest BCUT2D eigenvalue weighted by Gasteiger charge is -2.17. The summed E-state index contributed by atoms with van der Waals surface area (Å²) in [5.41, 5.74) is 9.04. The molecule has 2 aromatic heterocycles. The number of rotatable bonds is 2. The first-order chi connectivity index (χ1) is 11.0. The molecule has 0 amide bonds. The summed E-state index contributed by atoms with van der Waals surface area (Å²) in [5, 5.41) is 9.78. The molecule has 116 valence electrons. The lowest BCUT2D eigenvalue weighted by molar-refractivity contribution is 0.411. The Hall–Kier alpha value is -3.07. The van der Waals surface area contributed by atoms with E-state index in [0.717, 1.165) is 17.3 Å². The summed E-state index contributed by atoms with van der Waals surface area (Å²) >= 11 is 0. The number of anilines is 1. The average molecular weight is 310 g/mol. The number of fused-ring (bicyclic) bond motifs is 1. The van der Waals surface area contributed by atoms with Crippen LogP contribution in [0.2, 0.25) is 0 Å². The fourth-order valence-corrected chi connectivity index (χ4v) is 2.94. The summed E-state index contributed by atoms with van der Waals surface area (Å²) in [6.07, 6.45) is 2.57. The Morgan fingerprint density at radius 1 is 1.30 bits per heavy atom. The number of halogens is 1. The molecule has 0 atom stereocenters. The molecule has 6 heteroatoms. The molecule has 1 aromatic carbocycles. The van der Waals surface area contributed by atoms with Crippen LogP contribution >= 0.6 is 0 Å². The summed E-state index contributed by atoms with van der Waals surface area (Å²) in [6.45, 7) is 3.77. The van der Waals surface area contributed by atoms with Crippen molar-refractivity contribution in [3.05, 3.63) is 47.0 Å². The smallest absolute Gasteiger partial charge is 0.166 e. The van der Waals surface area contributed by atoms with Crippen molar-refractivity contribution in [2.45, 2.75) is 13.8 Å². The molecule has 0 aliphatic heterocycles. The first-order valence-corrected chi connectivity index (χ1v) is 6.99. The van der Waals surface area contributed by atoms with Crippen LogP contribution in [-0.4, -0.2) is 16.7 Å². The van der Waals surface area contributed by atoms with Gasteiger partial charge in [-0.3, -0.25) is 9.55 Å². The number of nitrogen functional groups attached to an aromatic ring is 1. The number of nitrogens with zero attached hydrogens (tertiary/aromatic N) is 3. The Balaban J connectivity index is 2.53. The zero-order chi connectivity index (χ0) is 16.7.